The Balaban J connectivity index is 1.38. The minimum atomic E-state index is 0.230. The van der Waals surface area contributed by atoms with Crippen LogP contribution < -0.4 is 5.73 Å². The third kappa shape index (κ3) is 5.30. The Kier molecular flexibility index (Phi) is 6.28. The fraction of sp³-hybridized carbons (Fsp3) is 0.120. The highest BCUT2D eigenvalue weighted by atomic mass is 16.5. The van der Waals surface area contributed by atoms with Crippen molar-refractivity contribution >= 4 is 22.8 Å². The zero-order chi connectivity index (χ0) is 21.5. The fourth-order valence-electron chi connectivity index (χ4n) is 3.35. The van der Waals surface area contributed by atoms with Gasteiger partial charge >= 0.3 is 0 Å². The Morgan fingerprint density at radius 1 is 1.06 bits per heavy atom. The SMILES string of the molecule is N=NN=C(N)c1ccc(/C=C/C2=CC(OCc3ccc4ccccc4n3)=CCC2)cc1. The van der Waals surface area contributed by atoms with Crippen LogP contribution in [0.5, 0.6) is 0 Å². The van der Waals surface area contributed by atoms with Crippen molar-refractivity contribution in [1.82, 2.24) is 4.98 Å². The Morgan fingerprint density at radius 3 is 2.74 bits per heavy atom. The minimum Gasteiger partial charge on any atom is -0.488 e. The van der Waals surface area contributed by atoms with E-state index in [1.54, 1.807) is 0 Å². The Hall–Kier alpha value is -4.06. The molecule has 0 atom stereocenters. The van der Waals surface area contributed by atoms with Crippen LogP contribution in [-0.4, -0.2) is 10.8 Å². The first-order valence-electron chi connectivity index (χ1n) is 10.1. The van der Waals surface area contributed by atoms with Crippen LogP contribution in [-0.2, 0) is 11.3 Å². The monoisotopic (exact) mass is 409 g/mol. The Morgan fingerprint density at radius 2 is 1.90 bits per heavy atom. The lowest BCUT2D eigenvalue weighted by Crippen LogP contribution is -2.12. The summed E-state index contributed by atoms with van der Waals surface area (Å²) in [6, 6.07) is 19.8. The lowest BCUT2D eigenvalue weighted by molar-refractivity contribution is 0.205. The van der Waals surface area contributed by atoms with E-state index in [-0.39, 0.29) is 5.84 Å². The van der Waals surface area contributed by atoms with Crippen molar-refractivity contribution in [3.05, 3.63) is 107 Å². The van der Waals surface area contributed by atoms with E-state index < -0.39 is 0 Å². The van der Waals surface area contributed by atoms with Gasteiger partial charge in [0.05, 0.1) is 11.2 Å². The number of fused-ring (bicyclic) bond motifs is 1. The molecule has 1 aliphatic rings. The number of ether oxygens (including phenoxy) is 1. The number of benzene rings is 2. The van der Waals surface area contributed by atoms with Gasteiger partial charge in [0.15, 0.2) is 5.84 Å². The highest BCUT2D eigenvalue weighted by molar-refractivity contribution is 5.97. The molecule has 0 fully saturated rings. The normalized spacial score (nSPS) is 14.4. The molecule has 3 aromatic rings. The van der Waals surface area contributed by atoms with Gasteiger partial charge in [-0.3, -0.25) is 0 Å². The molecule has 4 rings (SSSR count). The molecule has 0 radical (unpaired) electrons. The van der Waals surface area contributed by atoms with Gasteiger partial charge in [0.25, 0.3) is 0 Å². The van der Waals surface area contributed by atoms with Crippen molar-refractivity contribution < 1.29 is 4.74 Å². The number of nitrogens with zero attached hydrogens (tertiary/aromatic N) is 3. The topological polar surface area (TPSA) is 96.7 Å². The summed E-state index contributed by atoms with van der Waals surface area (Å²) in [5.41, 5.74) is 17.4. The molecule has 2 aromatic carbocycles. The molecule has 0 bridgehead atoms. The fourth-order valence-corrected chi connectivity index (χ4v) is 3.35. The van der Waals surface area contributed by atoms with Crippen LogP contribution in [0, 0.1) is 5.53 Å². The van der Waals surface area contributed by atoms with Crippen LogP contribution in [0.25, 0.3) is 17.0 Å². The van der Waals surface area contributed by atoms with Crippen LogP contribution in [0.1, 0.15) is 29.7 Å². The van der Waals surface area contributed by atoms with Crippen LogP contribution in [0.15, 0.2) is 101 Å². The molecule has 0 unspecified atom stereocenters. The molecule has 6 nitrogen and oxygen atoms in total. The summed E-state index contributed by atoms with van der Waals surface area (Å²) in [6.07, 6.45) is 10.3. The van der Waals surface area contributed by atoms with Crippen molar-refractivity contribution in [2.45, 2.75) is 19.4 Å². The van der Waals surface area contributed by atoms with Gasteiger partial charge in [-0.1, -0.05) is 65.9 Å². The van der Waals surface area contributed by atoms with Gasteiger partial charge < -0.3 is 10.5 Å². The lowest BCUT2D eigenvalue weighted by Gasteiger charge is -2.13. The first-order valence-corrected chi connectivity index (χ1v) is 10.1. The average molecular weight is 409 g/mol. The maximum absolute atomic E-state index is 6.75. The molecule has 0 saturated carbocycles. The molecule has 154 valence electrons. The summed E-state index contributed by atoms with van der Waals surface area (Å²) < 4.78 is 6.00. The summed E-state index contributed by atoms with van der Waals surface area (Å²) >= 11 is 0. The van der Waals surface area contributed by atoms with E-state index in [2.05, 4.69) is 51.7 Å². The standard InChI is InChI=1S/C25H23N5O/c26-25(29-30-27)21-12-10-18(11-13-21)8-9-19-4-3-6-23(16-19)31-17-22-15-14-20-5-1-2-7-24(20)28-22/h1-2,5-16H,3-4,17H2,(H3,26,27,29)/b9-8+. The predicted molar refractivity (Wildman–Crippen MR) is 123 cm³/mol. The van der Waals surface area contributed by atoms with Crippen molar-refractivity contribution in [2.75, 3.05) is 0 Å². The van der Waals surface area contributed by atoms with Gasteiger partial charge in [0, 0.05) is 10.9 Å². The minimum absolute atomic E-state index is 0.230. The molecular formula is C25H23N5O. The number of allylic oxidation sites excluding steroid dienone is 4. The van der Waals surface area contributed by atoms with Gasteiger partial charge in [-0.25, -0.2) is 4.98 Å². The summed E-state index contributed by atoms with van der Waals surface area (Å²) in [6.45, 7) is 0.444. The maximum atomic E-state index is 6.75. The van der Waals surface area contributed by atoms with E-state index in [0.29, 0.717) is 6.61 Å². The van der Waals surface area contributed by atoms with Gasteiger partial charge in [-0.2, -0.15) is 5.53 Å². The third-order valence-corrected chi connectivity index (χ3v) is 5.00. The number of para-hydroxylation sites is 1. The molecule has 1 aliphatic carbocycles. The van der Waals surface area contributed by atoms with Crippen molar-refractivity contribution in [2.24, 2.45) is 16.1 Å². The van der Waals surface area contributed by atoms with Gasteiger partial charge in [-0.05, 0) is 48.3 Å². The number of aromatic nitrogens is 1. The lowest BCUT2D eigenvalue weighted by atomic mass is 10.0. The van der Waals surface area contributed by atoms with Crippen LogP contribution in [0.2, 0.25) is 0 Å². The van der Waals surface area contributed by atoms with Crippen LogP contribution in [0.3, 0.4) is 0 Å². The number of hydrogen-bond acceptors (Lipinski definition) is 4. The zero-order valence-electron chi connectivity index (χ0n) is 17.0. The van der Waals surface area contributed by atoms with Crippen LogP contribution >= 0.6 is 0 Å². The number of pyridine rings is 1. The van der Waals surface area contributed by atoms with E-state index in [1.807, 2.05) is 48.5 Å². The largest absolute Gasteiger partial charge is 0.488 e. The van der Waals surface area contributed by atoms with E-state index >= 15 is 0 Å². The highest BCUT2D eigenvalue weighted by Gasteiger charge is 2.06. The molecule has 1 heterocycles. The molecule has 6 heteroatoms. The van der Waals surface area contributed by atoms with Crippen molar-refractivity contribution in [3.63, 3.8) is 0 Å². The predicted octanol–water partition coefficient (Wildman–Crippen LogP) is 5.72. The summed E-state index contributed by atoms with van der Waals surface area (Å²) in [4.78, 5) is 4.67. The molecular weight excluding hydrogens is 386 g/mol. The number of nitrogens with two attached hydrogens (primary N) is 1. The van der Waals surface area contributed by atoms with E-state index in [0.717, 1.165) is 46.3 Å². The smallest absolute Gasteiger partial charge is 0.155 e. The molecule has 3 N–H and O–H groups in total. The second-order valence-electron chi connectivity index (χ2n) is 7.19. The van der Waals surface area contributed by atoms with Crippen molar-refractivity contribution in [1.29, 1.82) is 5.53 Å². The molecule has 0 aliphatic heterocycles. The highest BCUT2D eigenvalue weighted by Crippen LogP contribution is 2.22. The van der Waals surface area contributed by atoms with E-state index in [9.17, 15) is 0 Å². The van der Waals surface area contributed by atoms with E-state index in [4.69, 9.17) is 16.0 Å². The second-order valence-corrected chi connectivity index (χ2v) is 7.19. The third-order valence-electron chi connectivity index (χ3n) is 5.00. The summed E-state index contributed by atoms with van der Waals surface area (Å²) in [7, 11) is 0. The van der Waals surface area contributed by atoms with Crippen molar-refractivity contribution in [3.8, 4) is 0 Å². The number of hydrogen-bond donors (Lipinski definition) is 2. The first-order chi connectivity index (χ1) is 15.2. The number of amidine groups is 1. The molecule has 0 spiro atoms. The van der Waals surface area contributed by atoms with Gasteiger partial charge in [0.2, 0.25) is 0 Å². The first kappa shape index (κ1) is 20.2. The average Bonchev–Trinajstić information content (AvgIpc) is 2.82. The Labute approximate surface area is 181 Å². The van der Waals surface area contributed by atoms with Crippen LogP contribution in [0.4, 0.5) is 0 Å². The Bertz CT molecular complexity index is 1210. The summed E-state index contributed by atoms with van der Waals surface area (Å²) in [5, 5.41) is 7.63. The number of nitrogens with one attached hydrogen (secondary N) is 1. The molecule has 1 aromatic heterocycles. The maximum Gasteiger partial charge on any atom is 0.155 e. The zero-order valence-corrected chi connectivity index (χ0v) is 17.0. The van der Waals surface area contributed by atoms with E-state index in [1.165, 1.54) is 5.57 Å². The molecule has 0 amide bonds. The summed E-state index contributed by atoms with van der Waals surface area (Å²) in [5.74, 6) is 1.10. The number of rotatable bonds is 7. The molecule has 31 heavy (non-hydrogen) atoms. The second kappa shape index (κ2) is 9.63. The van der Waals surface area contributed by atoms with Gasteiger partial charge in [0.1, 0.15) is 12.4 Å². The van der Waals surface area contributed by atoms with Gasteiger partial charge in [-0.15, -0.1) is 5.10 Å². The quantitative estimate of drug-likeness (QED) is 0.226. The molecule has 0 saturated heterocycles.